The predicted molar refractivity (Wildman–Crippen MR) is 155 cm³/mol. The molecule has 1 unspecified atom stereocenters. The fraction of sp³-hybridized carbons (Fsp3) is 0.467. The second kappa shape index (κ2) is 10.5. The number of methoxy groups -OCH3 is 1. The number of halogens is 3. The van der Waals surface area contributed by atoms with Crippen molar-refractivity contribution in [3.63, 3.8) is 0 Å². The Hall–Kier alpha value is -4.29. The van der Waals surface area contributed by atoms with Crippen LogP contribution in [0.25, 0.3) is 28.1 Å². The van der Waals surface area contributed by atoms with E-state index in [-0.39, 0.29) is 12.1 Å². The highest BCUT2D eigenvalue weighted by molar-refractivity contribution is 5.86. The number of nitrogens with one attached hydrogen (secondary N) is 1. The average Bonchev–Trinajstić information content (AvgIpc) is 3.37. The Bertz CT molecular complexity index is 1750. The fourth-order valence-electron chi connectivity index (χ4n) is 6.24. The van der Waals surface area contributed by atoms with Crippen LogP contribution < -0.4 is 9.64 Å². The molecular weight excluding hydrogens is 559 g/mol. The molecule has 0 spiro atoms. The monoisotopic (exact) mass is 591 g/mol. The summed E-state index contributed by atoms with van der Waals surface area (Å²) in [5, 5.41) is 0. The van der Waals surface area contributed by atoms with E-state index in [1.807, 2.05) is 19.9 Å². The quantitative estimate of drug-likeness (QED) is 0.268. The SMILES string of the molecule is COc1ncnc(C2CC2)c1-c1nc(N2CCCC2C2=CC=C(c3nc(C(F)(F)F)cn3C(C)C)CC2)c2[nH]cnc2n1. The molecule has 1 atom stereocenters. The van der Waals surface area contributed by atoms with Crippen molar-refractivity contribution in [3.05, 3.63) is 53.8 Å². The first kappa shape index (κ1) is 27.5. The Balaban J connectivity index is 1.25. The number of anilines is 1. The van der Waals surface area contributed by atoms with Gasteiger partial charge in [0, 0.05) is 24.7 Å². The summed E-state index contributed by atoms with van der Waals surface area (Å²) in [6.07, 6.45) is 9.11. The number of hydrogen-bond donors (Lipinski definition) is 1. The molecule has 13 heteroatoms. The lowest BCUT2D eigenvalue weighted by molar-refractivity contribution is -0.141. The van der Waals surface area contributed by atoms with Gasteiger partial charge < -0.3 is 19.2 Å². The topological polar surface area (TPSA) is 111 Å². The maximum Gasteiger partial charge on any atom is 0.434 e. The van der Waals surface area contributed by atoms with E-state index in [0.29, 0.717) is 41.1 Å². The summed E-state index contributed by atoms with van der Waals surface area (Å²) in [6.45, 7) is 4.53. The molecule has 224 valence electrons. The van der Waals surface area contributed by atoms with Gasteiger partial charge in [-0.15, -0.1) is 0 Å². The van der Waals surface area contributed by atoms with Crippen LogP contribution in [0.4, 0.5) is 19.0 Å². The standard InChI is InChI=1S/C30H32F3N9O/c1-16(2)42-13-21(30(31,32)33)38-27(42)19-10-6-17(7-11-19)20-5-4-12-41(20)28-24-26(36-14-35-24)39-25(40-28)22-23(18-8-9-18)34-15-37-29(22)43-3/h6,10,13-16,18,20H,4-5,7-9,11-12H2,1-3H3,(H,35,36,39,40). The molecule has 4 aromatic heterocycles. The minimum absolute atomic E-state index is 0.0828. The Morgan fingerprint density at radius 2 is 1.86 bits per heavy atom. The molecule has 2 aliphatic carbocycles. The van der Waals surface area contributed by atoms with Gasteiger partial charge in [0.2, 0.25) is 5.88 Å². The minimum Gasteiger partial charge on any atom is -0.480 e. The van der Waals surface area contributed by atoms with Crippen LogP contribution >= 0.6 is 0 Å². The molecule has 0 aromatic carbocycles. The summed E-state index contributed by atoms with van der Waals surface area (Å²) in [5.41, 5.74) is 4.07. The lowest BCUT2D eigenvalue weighted by Gasteiger charge is -2.30. The highest BCUT2D eigenvalue weighted by Crippen LogP contribution is 2.46. The molecule has 10 nitrogen and oxygen atoms in total. The molecule has 4 aromatic rings. The number of nitrogens with zero attached hydrogens (tertiary/aromatic N) is 8. The number of ether oxygens (including phenoxy) is 1. The first-order valence-electron chi connectivity index (χ1n) is 14.7. The molecule has 2 fully saturated rings. The molecule has 1 N–H and O–H groups in total. The van der Waals surface area contributed by atoms with E-state index in [4.69, 9.17) is 14.7 Å². The maximum absolute atomic E-state index is 13.5. The van der Waals surface area contributed by atoms with E-state index in [1.165, 1.54) is 11.9 Å². The van der Waals surface area contributed by atoms with Crippen molar-refractivity contribution >= 4 is 22.6 Å². The second-order valence-electron chi connectivity index (χ2n) is 11.6. The first-order chi connectivity index (χ1) is 20.7. The third-order valence-electron chi connectivity index (χ3n) is 8.49. The molecule has 1 saturated carbocycles. The van der Waals surface area contributed by atoms with Crippen molar-refractivity contribution in [1.82, 2.24) is 39.5 Å². The third-order valence-corrected chi connectivity index (χ3v) is 8.49. The van der Waals surface area contributed by atoms with E-state index >= 15 is 0 Å². The van der Waals surface area contributed by atoms with Crippen molar-refractivity contribution in [3.8, 4) is 17.3 Å². The molecule has 5 heterocycles. The lowest BCUT2D eigenvalue weighted by atomic mass is 9.91. The summed E-state index contributed by atoms with van der Waals surface area (Å²) in [6, 6.07) is -0.0625. The zero-order valence-electron chi connectivity index (χ0n) is 24.2. The molecule has 3 aliphatic rings. The number of imidazole rings is 2. The normalized spacial score (nSPS) is 19.3. The van der Waals surface area contributed by atoms with Crippen LogP contribution in [0, 0.1) is 0 Å². The van der Waals surface area contributed by atoms with E-state index in [2.05, 4.69) is 35.9 Å². The maximum atomic E-state index is 13.5. The Labute approximate surface area is 246 Å². The Morgan fingerprint density at radius 1 is 1.02 bits per heavy atom. The van der Waals surface area contributed by atoms with Gasteiger partial charge in [-0.05, 0) is 63.5 Å². The van der Waals surface area contributed by atoms with Crippen molar-refractivity contribution in [2.24, 2.45) is 0 Å². The van der Waals surface area contributed by atoms with Gasteiger partial charge in [0.05, 0.1) is 25.2 Å². The zero-order chi connectivity index (χ0) is 29.9. The molecule has 0 amide bonds. The molecule has 0 radical (unpaired) electrons. The van der Waals surface area contributed by atoms with Gasteiger partial charge >= 0.3 is 6.18 Å². The largest absolute Gasteiger partial charge is 0.480 e. The van der Waals surface area contributed by atoms with Gasteiger partial charge in [-0.2, -0.15) is 13.2 Å². The van der Waals surface area contributed by atoms with Crippen molar-refractivity contribution in [2.45, 2.75) is 76.6 Å². The summed E-state index contributed by atoms with van der Waals surface area (Å²) >= 11 is 0. The lowest BCUT2D eigenvalue weighted by Crippen LogP contribution is -2.32. The number of H-pyrrole nitrogens is 1. The van der Waals surface area contributed by atoms with Crippen LogP contribution in [0.3, 0.4) is 0 Å². The van der Waals surface area contributed by atoms with Gasteiger partial charge in [-0.3, -0.25) is 0 Å². The number of allylic oxidation sites excluding steroid dienone is 3. The van der Waals surface area contributed by atoms with Crippen LogP contribution in [0.1, 0.15) is 81.5 Å². The van der Waals surface area contributed by atoms with Crippen LogP contribution in [0.5, 0.6) is 5.88 Å². The molecule has 1 saturated heterocycles. The van der Waals surface area contributed by atoms with E-state index in [9.17, 15) is 13.2 Å². The molecule has 0 bridgehead atoms. The average molecular weight is 592 g/mol. The zero-order valence-corrected chi connectivity index (χ0v) is 24.2. The van der Waals surface area contributed by atoms with Crippen molar-refractivity contribution in [1.29, 1.82) is 0 Å². The minimum atomic E-state index is -4.49. The van der Waals surface area contributed by atoms with E-state index in [1.54, 1.807) is 18.0 Å². The van der Waals surface area contributed by atoms with E-state index in [0.717, 1.165) is 67.4 Å². The highest BCUT2D eigenvalue weighted by atomic mass is 19.4. The molecule has 7 rings (SSSR count). The number of alkyl halides is 3. The van der Waals surface area contributed by atoms with Crippen LogP contribution in [0.2, 0.25) is 0 Å². The number of hydrogen-bond acceptors (Lipinski definition) is 8. The molecule has 1 aliphatic heterocycles. The van der Waals surface area contributed by atoms with Crippen molar-refractivity contribution < 1.29 is 17.9 Å². The van der Waals surface area contributed by atoms with E-state index < -0.39 is 11.9 Å². The highest BCUT2D eigenvalue weighted by Gasteiger charge is 2.37. The first-order valence-corrected chi connectivity index (χ1v) is 14.7. The number of aromatic nitrogens is 8. The summed E-state index contributed by atoms with van der Waals surface area (Å²) in [4.78, 5) is 32.8. The van der Waals surface area contributed by atoms with Crippen LogP contribution in [-0.2, 0) is 6.18 Å². The van der Waals surface area contributed by atoms with Crippen LogP contribution in [-0.4, -0.2) is 59.2 Å². The number of rotatable bonds is 7. The second-order valence-corrected chi connectivity index (χ2v) is 11.6. The smallest absolute Gasteiger partial charge is 0.434 e. The summed E-state index contributed by atoms with van der Waals surface area (Å²) in [7, 11) is 1.59. The van der Waals surface area contributed by atoms with Crippen LogP contribution in [0.15, 0.2) is 36.6 Å². The third kappa shape index (κ3) is 4.94. The van der Waals surface area contributed by atoms with Gasteiger partial charge in [0.1, 0.15) is 23.2 Å². The Morgan fingerprint density at radius 3 is 2.56 bits per heavy atom. The summed E-state index contributed by atoms with van der Waals surface area (Å²) < 4.78 is 47.7. The molecule has 43 heavy (non-hydrogen) atoms. The van der Waals surface area contributed by atoms with Crippen molar-refractivity contribution in [2.75, 3.05) is 18.6 Å². The predicted octanol–water partition coefficient (Wildman–Crippen LogP) is 6.26. The number of fused-ring (bicyclic) bond motifs is 1. The Kier molecular flexibility index (Phi) is 6.70. The van der Waals surface area contributed by atoms with Gasteiger partial charge in [0.25, 0.3) is 0 Å². The fourth-order valence-corrected chi connectivity index (χ4v) is 6.24. The molecular formula is C30H32F3N9O. The van der Waals surface area contributed by atoms with Gasteiger partial charge in [-0.1, -0.05) is 12.2 Å². The van der Waals surface area contributed by atoms with Gasteiger partial charge in [0.15, 0.2) is 23.0 Å². The number of aromatic amines is 1. The van der Waals surface area contributed by atoms with Gasteiger partial charge in [-0.25, -0.2) is 29.9 Å². The summed E-state index contributed by atoms with van der Waals surface area (Å²) in [5.74, 6) is 2.40.